The second-order valence-corrected chi connectivity index (χ2v) is 9.65. The van der Waals surface area contributed by atoms with Gasteiger partial charge in [-0.3, -0.25) is 9.59 Å². The minimum Gasteiger partial charge on any atom is -0.346 e. The van der Waals surface area contributed by atoms with Crippen molar-refractivity contribution in [1.29, 1.82) is 0 Å². The van der Waals surface area contributed by atoms with Crippen molar-refractivity contribution >= 4 is 23.3 Å². The Morgan fingerprint density at radius 2 is 1.74 bits per heavy atom. The number of Topliss-reactive ketones (excluding diaryl/α,β-unsaturated/α-hetero) is 1. The third kappa shape index (κ3) is 7.74. The number of ketones is 1. The van der Waals surface area contributed by atoms with Gasteiger partial charge in [0.15, 0.2) is 5.78 Å². The Bertz CT molecular complexity index is 807. The molecule has 1 atom stereocenters. The van der Waals surface area contributed by atoms with Crippen molar-refractivity contribution in [2.24, 2.45) is 5.92 Å². The van der Waals surface area contributed by atoms with E-state index in [1.165, 1.54) is 0 Å². The van der Waals surface area contributed by atoms with E-state index < -0.39 is 55.0 Å². The van der Waals surface area contributed by atoms with Gasteiger partial charge < -0.3 is 5.32 Å². The van der Waals surface area contributed by atoms with Crippen molar-refractivity contribution in [3.05, 3.63) is 34.3 Å². The zero-order chi connectivity index (χ0) is 23.6. The summed E-state index contributed by atoms with van der Waals surface area (Å²) in [6, 6.07) is 3.84. The maximum absolute atomic E-state index is 13.5. The topological polar surface area (TPSA) is 46.2 Å². The molecule has 1 N–H and O–H groups in total. The molecule has 0 spiro atoms. The summed E-state index contributed by atoms with van der Waals surface area (Å²) in [7, 11) is 0. The van der Waals surface area contributed by atoms with Gasteiger partial charge in [0.2, 0.25) is 11.8 Å². The van der Waals surface area contributed by atoms with Crippen LogP contribution in [0.2, 0.25) is 5.02 Å². The van der Waals surface area contributed by atoms with Gasteiger partial charge in [0, 0.05) is 24.3 Å². The SMILES string of the molecule is CC(C)(C)c1ccc(CC(=O)[C@H](NC(=O)CC(F)(F)F)C2CCC(F)(F)CC2)cc1Cl. The highest BCUT2D eigenvalue weighted by Crippen LogP contribution is 2.38. The highest BCUT2D eigenvalue weighted by Gasteiger charge is 2.41. The van der Waals surface area contributed by atoms with Crippen LogP contribution in [0.1, 0.15) is 64.0 Å². The molecule has 1 fully saturated rings. The van der Waals surface area contributed by atoms with Crippen LogP contribution in [0.4, 0.5) is 22.0 Å². The van der Waals surface area contributed by atoms with Crippen molar-refractivity contribution < 1.29 is 31.5 Å². The smallest absolute Gasteiger partial charge is 0.346 e. The average Bonchev–Trinajstić information content (AvgIpc) is 2.57. The Morgan fingerprint density at radius 1 is 1.16 bits per heavy atom. The Balaban J connectivity index is 2.19. The Morgan fingerprint density at radius 3 is 2.23 bits per heavy atom. The van der Waals surface area contributed by atoms with Crippen LogP contribution in [-0.4, -0.2) is 29.8 Å². The second-order valence-electron chi connectivity index (χ2n) is 9.24. The molecule has 2 rings (SSSR count). The number of amides is 1. The van der Waals surface area contributed by atoms with Crippen molar-refractivity contribution in [1.82, 2.24) is 5.32 Å². The van der Waals surface area contributed by atoms with Gasteiger partial charge in [-0.25, -0.2) is 8.78 Å². The maximum atomic E-state index is 13.5. The first kappa shape index (κ1) is 25.6. The van der Waals surface area contributed by atoms with Gasteiger partial charge in [-0.15, -0.1) is 0 Å². The number of hydrogen-bond donors (Lipinski definition) is 1. The largest absolute Gasteiger partial charge is 0.397 e. The fourth-order valence-electron chi connectivity index (χ4n) is 3.85. The van der Waals surface area contributed by atoms with Gasteiger partial charge in [-0.2, -0.15) is 13.2 Å². The van der Waals surface area contributed by atoms with Crippen LogP contribution < -0.4 is 5.32 Å². The first-order chi connectivity index (χ1) is 14.1. The lowest BCUT2D eigenvalue weighted by Gasteiger charge is -2.33. The minimum atomic E-state index is -4.73. The van der Waals surface area contributed by atoms with E-state index in [9.17, 15) is 31.5 Å². The standard InChI is InChI=1S/C22H27ClF5NO2/c1-20(2,3)15-5-4-13(10-16(15)23)11-17(30)19(29-18(31)12-22(26,27)28)14-6-8-21(24,25)9-7-14/h4-5,10,14,19H,6-9,11-12H2,1-3H3,(H,29,31)/t19-/m1/s1. The maximum Gasteiger partial charge on any atom is 0.397 e. The molecule has 1 aliphatic carbocycles. The highest BCUT2D eigenvalue weighted by molar-refractivity contribution is 6.31. The fraction of sp³-hybridized carbons (Fsp3) is 0.636. The van der Waals surface area contributed by atoms with Crippen LogP contribution in [0, 0.1) is 5.92 Å². The molecule has 3 nitrogen and oxygen atoms in total. The fourth-order valence-corrected chi connectivity index (χ4v) is 4.34. The van der Waals surface area contributed by atoms with E-state index in [1.807, 2.05) is 20.8 Å². The molecule has 0 saturated heterocycles. The number of benzene rings is 1. The van der Waals surface area contributed by atoms with Crippen LogP contribution >= 0.6 is 11.6 Å². The summed E-state index contributed by atoms with van der Waals surface area (Å²) in [5.41, 5.74) is 1.19. The lowest BCUT2D eigenvalue weighted by Crippen LogP contribution is -2.49. The van der Waals surface area contributed by atoms with E-state index in [0.29, 0.717) is 10.6 Å². The Hall–Kier alpha value is -1.70. The molecular formula is C22H27ClF5NO2. The van der Waals surface area contributed by atoms with Crippen LogP contribution in [0.25, 0.3) is 0 Å². The van der Waals surface area contributed by atoms with Gasteiger partial charge in [0.05, 0.1) is 6.04 Å². The van der Waals surface area contributed by atoms with Crippen LogP contribution in [0.15, 0.2) is 18.2 Å². The minimum absolute atomic E-state index is 0.0561. The molecule has 1 saturated carbocycles. The van der Waals surface area contributed by atoms with Crippen molar-refractivity contribution in [3.63, 3.8) is 0 Å². The monoisotopic (exact) mass is 467 g/mol. The predicted octanol–water partition coefficient (Wildman–Crippen LogP) is 6.01. The third-order valence-electron chi connectivity index (χ3n) is 5.48. The lowest BCUT2D eigenvalue weighted by atomic mass is 9.79. The van der Waals surface area contributed by atoms with Gasteiger partial charge in [0.1, 0.15) is 6.42 Å². The third-order valence-corrected chi connectivity index (χ3v) is 5.79. The number of rotatable bonds is 6. The van der Waals surface area contributed by atoms with E-state index in [1.54, 1.807) is 18.2 Å². The van der Waals surface area contributed by atoms with Crippen LogP contribution in [0.3, 0.4) is 0 Å². The molecule has 0 aliphatic heterocycles. The molecule has 31 heavy (non-hydrogen) atoms. The number of halogens is 6. The first-order valence-corrected chi connectivity index (χ1v) is 10.5. The summed E-state index contributed by atoms with van der Waals surface area (Å²) >= 11 is 6.32. The van der Waals surface area contributed by atoms with E-state index in [0.717, 1.165) is 5.56 Å². The van der Waals surface area contributed by atoms with E-state index >= 15 is 0 Å². The zero-order valence-electron chi connectivity index (χ0n) is 17.7. The first-order valence-electron chi connectivity index (χ1n) is 10.1. The van der Waals surface area contributed by atoms with E-state index in [-0.39, 0.29) is 24.7 Å². The molecule has 0 aromatic heterocycles. The van der Waals surface area contributed by atoms with Gasteiger partial charge in [0.25, 0.3) is 0 Å². The highest BCUT2D eigenvalue weighted by atomic mass is 35.5. The summed E-state index contributed by atoms with van der Waals surface area (Å²) in [6.07, 6.45) is -7.68. The Labute approximate surface area is 183 Å². The molecule has 0 unspecified atom stereocenters. The molecule has 0 bridgehead atoms. The van der Waals surface area contributed by atoms with E-state index in [2.05, 4.69) is 5.32 Å². The zero-order valence-corrected chi connectivity index (χ0v) is 18.5. The molecule has 0 radical (unpaired) electrons. The summed E-state index contributed by atoms with van der Waals surface area (Å²) in [4.78, 5) is 24.8. The molecule has 9 heteroatoms. The average molecular weight is 468 g/mol. The summed E-state index contributed by atoms with van der Waals surface area (Å²) in [5, 5.41) is 2.61. The molecule has 174 valence electrons. The number of alkyl halides is 5. The molecule has 1 aromatic rings. The van der Waals surface area contributed by atoms with Gasteiger partial charge in [-0.05, 0) is 41.4 Å². The summed E-state index contributed by atoms with van der Waals surface area (Å²) in [6.45, 7) is 5.93. The summed E-state index contributed by atoms with van der Waals surface area (Å²) in [5.74, 6) is -5.38. The molecule has 1 aromatic carbocycles. The van der Waals surface area contributed by atoms with Crippen molar-refractivity contribution in [2.75, 3.05) is 0 Å². The quantitative estimate of drug-likeness (QED) is 0.521. The molecule has 1 amide bonds. The number of nitrogens with one attached hydrogen (secondary N) is 1. The molecule has 0 heterocycles. The normalized spacial score (nSPS) is 18.5. The second kappa shape index (κ2) is 9.43. The lowest BCUT2D eigenvalue weighted by molar-refractivity contribution is -0.155. The van der Waals surface area contributed by atoms with Crippen molar-refractivity contribution in [2.45, 2.75) is 82.9 Å². The summed E-state index contributed by atoms with van der Waals surface area (Å²) < 4.78 is 64.7. The number of hydrogen-bond acceptors (Lipinski definition) is 2. The molecule has 1 aliphatic rings. The van der Waals surface area contributed by atoms with E-state index in [4.69, 9.17) is 11.6 Å². The molecular weight excluding hydrogens is 441 g/mol. The Kier molecular flexibility index (Phi) is 7.77. The van der Waals surface area contributed by atoms with Crippen LogP contribution in [0.5, 0.6) is 0 Å². The number of carbonyl (C=O) groups is 2. The van der Waals surface area contributed by atoms with Crippen LogP contribution in [-0.2, 0) is 21.4 Å². The predicted molar refractivity (Wildman–Crippen MR) is 108 cm³/mol. The van der Waals surface area contributed by atoms with Gasteiger partial charge >= 0.3 is 6.18 Å². The number of carbonyl (C=O) groups excluding carboxylic acids is 2. The van der Waals surface area contributed by atoms with Gasteiger partial charge in [-0.1, -0.05) is 44.5 Å². The van der Waals surface area contributed by atoms with Crippen molar-refractivity contribution in [3.8, 4) is 0 Å².